The van der Waals surface area contributed by atoms with Crippen molar-refractivity contribution in [2.75, 3.05) is 17.9 Å². The minimum absolute atomic E-state index is 0.0607. The second-order valence-electron chi connectivity index (χ2n) is 7.64. The Morgan fingerprint density at radius 2 is 1.90 bits per heavy atom. The highest BCUT2D eigenvalue weighted by Crippen LogP contribution is 2.20. The van der Waals surface area contributed by atoms with Crippen molar-refractivity contribution in [1.82, 2.24) is 5.32 Å². The van der Waals surface area contributed by atoms with Crippen LogP contribution in [0.3, 0.4) is 0 Å². The third kappa shape index (κ3) is 6.47. The number of carbonyl (C=O) groups is 1. The van der Waals surface area contributed by atoms with Gasteiger partial charge in [-0.15, -0.1) is 0 Å². The quantitative estimate of drug-likeness (QED) is 0.689. The van der Waals surface area contributed by atoms with Gasteiger partial charge in [0, 0.05) is 16.9 Å². The van der Waals surface area contributed by atoms with Gasteiger partial charge in [-0.3, -0.25) is 9.52 Å². The molecule has 0 saturated carbocycles. The topological polar surface area (TPSA) is 93.7 Å². The lowest BCUT2D eigenvalue weighted by Gasteiger charge is -2.22. The van der Waals surface area contributed by atoms with Crippen LogP contribution in [0.4, 0.5) is 5.69 Å². The van der Waals surface area contributed by atoms with Crippen molar-refractivity contribution in [3.8, 4) is 0 Å². The molecule has 0 radical (unpaired) electrons. The van der Waals surface area contributed by atoms with Crippen molar-refractivity contribution in [3.63, 3.8) is 0 Å². The van der Waals surface area contributed by atoms with Gasteiger partial charge in [0.05, 0.1) is 10.9 Å². The number of amides is 1. The summed E-state index contributed by atoms with van der Waals surface area (Å²) in [6, 6.07) is 6.20. The molecule has 1 saturated heterocycles. The first-order valence-electron chi connectivity index (χ1n) is 9.23. The molecule has 7 nitrogen and oxygen atoms in total. The first-order valence-corrected chi connectivity index (χ1v) is 10.7. The molecule has 0 aliphatic carbocycles. The molecule has 0 aromatic heterocycles. The van der Waals surface area contributed by atoms with Crippen LogP contribution in [-0.4, -0.2) is 38.4 Å². The summed E-state index contributed by atoms with van der Waals surface area (Å²) in [7, 11) is -3.53. The van der Waals surface area contributed by atoms with Gasteiger partial charge in [-0.25, -0.2) is 8.42 Å². The third-order valence-electron chi connectivity index (χ3n) is 4.15. The Morgan fingerprint density at radius 1 is 1.24 bits per heavy atom. The highest BCUT2D eigenvalue weighted by atomic mass is 32.2. The zero-order chi connectivity index (χ0) is 21.7. The predicted molar refractivity (Wildman–Crippen MR) is 114 cm³/mol. The molecule has 158 valence electrons. The van der Waals surface area contributed by atoms with Crippen molar-refractivity contribution in [3.05, 3.63) is 66.1 Å². The summed E-state index contributed by atoms with van der Waals surface area (Å²) < 4.78 is 37.0. The Bertz CT molecular complexity index is 899. The first-order chi connectivity index (χ1) is 13.5. The maximum atomic E-state index is 12.4. The van der Waals surface area contributed by atoms with E-state index in [9.17, 15) is 13.2 Å². The van der Waals surface area contributed by atoms with Crippen LogP contribution in [0.25, 0.3) is 0 Å². The third-order valence-corrected chi connectivity index (χ3v) is 6.26. The molecule has 1 aromatic rings. The van der Waals surface area contributed by atoms with Gasteiger partial charge in [0.15, 0.2) is 0 Å². The first kappa shape index (κ1) is 22.7. The van der Waals surface area contributed by atoms with Crippen molar-refractivity contribution >= 4 is 21.6 Å². The number of rotatable bonds is 6. The lowest BCUT2D eigenvalue weighted by atomic mass is 10.2. The fourth-order valence-corrected chi connectivity index (χ4v) is 2.93. The fraction of sp³-hybridized carbons (Fsp3) is 0.381. The molecule has 8 heteroatoms. The van der Waals surface area contributed by atoms with Gasteiger partial charge in [-0.2, -0.15) is 0 Å². The van der Waals surface area contributed by atoms with E-state index >= 15 is 0 Å². The van der Waals surface area contributed by atoms with Crippen molar-refractivity contribution in [2.45, 2.75) is 38.5 Å². The number of carbonyl (C=O) groups excluding carboxylic acids is 1. The molecule has 1 amide bonds. The average Bonchev–Trinajstić information content (AvgIpc) is 2.65. The largest absolute Gasteiger partial charge is 0.493 e. The Kier molecular flexibility index (Phi) is 7.26. The molecule has 1 aliphatic rings. The second kappa shape index (κ2) is 9.28. The normalized spacial score (nSPS) is 19.4. The highest BCUT2D eigenvalue weighted by molar-refractivity contribution is 7.94. The minimum Gasteiger partial charge on any atom is -0.493 e. The number of ether oxygens (including phenoxy) is 2. The SMILES string of the molecule is C=C/C(=C\C=C1/COC(C)CO1)NC(=O)c1ccc(NS(=O)(=O)C(C)(C)C)cc1. The molecular formula is C21H28N2O5S. The zero-order valence-corrected chi connectivity index (χ0v) is 18.0. The van der Waals surface area contributed by atoms with E-state index in [2.05, 4.69) is 16.6 Å². The Balaban J connectivity index is 2.03. The molecule has 2 N–H and O–H groups in total. The highest BCUT2D eigenvalue weighted by Gasteiger charge is 2.28. The van der Waals surface area contributed by atoms with Crippen molar-refractivity contribution < 1.29 is 22.7 Å². The van der Waals surface area contributed by atoms with Crippen LogP contribution in [0.1, 0.15) is 38.1 Å². The van der Waals surface area contributed by atoms with Gasteiger partial charge >= 0.3 is 0 Å². The number of anilines is 1. The maximum absolute atomic E-state index is 12.4. The standard InChI is InChI=1S/C21H28N2O5S/c1-6-17(11-12-19-14-27-15(2)13-28-19)22-20(24)16-7-9-18(10-8-16)23-29(25,26)21(3,4)5/h6-12,15,23H,1,13-14H2,2-5H3,(H,22,24)/b17-11+,19-12+. The van der Waals surface area contributed by atoms with E-state index in [0.717, 1.165) is 0 Å². The van der Waals surface area contributed by atoms with Crippen LogP contribution in [0.2, 0.25) is 0 Å². The van der Waals surface area contributed by atoms with Crippen LogP contribution in [0.15, 0.2) is 60.5 Å². The van der Waals surface area contributed by atoms with E-state index < -0.39 is 14.8 Å². The van der Waals surface area contributed by atoms with Gasteiger partial charge in [0.1, 0.15) is 19.0 Å². The molecule has 1 aliphatic heterocycles. The van der Waals surface area contributed by atoms with Gasteiger partial charge in [-0.1, -0.05) is 6.58 Å². The predicted octanol–water partition coefficient (Wildman–Crippen LogP) is 3.35. The van der Waals surface area contributed by atoms with E-state index in [1.54, 1.807) is 57.2 Å². The summed E-state index contributed by atoms with van der Waals surface area (Å²) in [6.45, 7) is 11.3. The fourth-order valence-electron chi connectivity index (χ4n) is 2.18. The summed E-state index contributed by atoms with van der Waals surface area (Å²) in [5.41, 5.74) is 1.28. The number of nitrogens with one attached hydrogen (secondary N) is 2. The zero-order valence-electron chi connectivity index (χ0n) is 17.2. The minimum atomic E-state index is -3.53. The van der Waals surface area contributed by atoms with Gasteiger partial charge in [-0.05, 0) is 70.2 Å². The Hall–Kier alpha value is -2.58. The van der Waals surface area contributed by atoms with Gasteiger partial charge in [0.25, 0.3) is 5.91 Å². The van der Waals surface area contributed by atoms with E-state index in [1.165, 1.54) is 6.08 Å². The summed E-state index contributed by atoms with van der Waals surface area (Å²) in [6.07, 6.45) is 5.00. The van der Waals surface area contributed by atoms with Crippen molar-refractivity contribution in [2.24, 2.45) is 0 Å². The molecule has 0 spiro atoms. The van der Waals surface area contributed by atoms with E-state index in [1.807, 2.05) is 6.92 Å². The number of benzene rings is 1. The molecular weight excluding hydrogens is 392 g/mol. The number of sulfonamides is 1. The summed E-state index contributed by atoms with van der Waals surface area (Å²) in [4.78, 5) is 12.4. The smallest absolute Gasteiger partial charge is 0.255 e. The number of hydrogen-bond acceptors (Lipinski definition) is 5. The molecule has 29 heavy (non-hydrogen) atoms. The van der Waals surface area contributed by atoms with Crippen LogP contribution in [0, 0.1) is 0 Å². The van der Waals surface area contributed by atoms with Crippen LogP contribution in [-0.2, 0) is 19.5 Å². The summed E-state index contributed by atoms with van der Waals surface area (Å²) in [5.74, 6) is 0.335. The maximum Gasteiger partial charge on any atom is 0.255 e. The van der Waals surface area contributed by atoms with E-state index in [0.29, 0.717) is 35.9 Å². The molecule has 1 atom stereocenters. The lowest BCUT2D eigenvalue weighted by Crippen LogP contribution is -2.33. The molecule has 1 aromatic carbocycles. The molecule has 1 heterocycles. The van der Waals surface area contributed by atoms with E-state index in [4.69, 9.17) is 9.47 Å². The number of hydrogen-bond donors (Lipinski definition) is 2. The molecule has 0 bridgehead atoms. The van der Waals surface area contributed by atoms with Crippen LogP contribution in [0.5, 0.6) is 0 Å². The van der Waals surface area contributed by atoms with Gasteiger partial charge < -0.3 is 14.8 Å². The molecule has 1 fully saturated rings. The monoisotopic (exact) mass is 420 g/mol. The molecule has 2 rings (SSSR count). The van der Waals surface area contributed by atoms with Crippen LogP contribution < -0.4 is 10.0 Å². The Morgan fingerprint density at radius 3 is 2.41 bits per heavy atom. The summed E-state index contributed by atoms with van der Waals surface area (Å²) in [5, 5.41) is 2.75. The van der Waals surface area contributed by atoms with Crippen molar-refractivity contribution in [1.29, 1.82) is 0 Å². The second-order valence-corrected chi connectivity index (χ2v) is 10.1. The Labute approximate surface area is 172 Å². The summed E-state index contributed by atoms with van der Waals surface area (Å²) >= 11 is 0. The average molecular weight is 421 g/mol. The lowest BCUT2D eigenvalue weighted by molar-refractivity contribution is -0.0401. The number of allylic oxidation sites excluding steroid dienone is 3. The van der Waals surface area contributed by atoms with Gasteiger partial charge in [0.2, 0.25) is 10.0 Å². The van der Waals surface area contributed by atoms with Crippen LogP contribution >= 0.6 is 0 Å². The molecule has 1 unspecified atom stereocenters. The van der Waals surface area contributed by atoms with E-state index in [-0.39, 0.29) is 12.0 Å².